The first-order valence-corrected chi connectivity index (χ1v) is 8.31. The van der Waals surface area contributed by atoms with Gasteiger partial charge in [-0.25, -0.2) is 9.69 Å². The third kappa shape index (κ3) is 3.49. The van der Waals surface area contributed by atoms with E-state index < -0.39 is 5.97 Å². The van der Waals surface area contributed by atoms with Gasteiger partial charge in [-0.15, -0.1) is 0 Å². The van der Waals surface area contributed by atoms with Crippen LogP contribution in [0.4, 0.5) is 5.69 Å². The summed E-state index contributed by atoms with van der Waals surface area (Å²) in [4.78, 5) is 37.0. The predicted molar refractivity (Wildman–Crippen MR) is 91.2 cm³/mol. The number of carbonyl (C=O) groups excluding carboxylic acids is 3. The Morgan fingerprint density at radius 3 is 2.48 bits per heavy atom. The van der Waals surface area contributed by atoms with Crippen molar-refractivity contribution in [2.75, 3.05) is 11.5 Å². The van der Waals surface area contributed by atoms with Crippen molar-refractivity contribution >= 4 is 23.5 Å². The van der Waals surface area contributed by atoms with Gasteiger partial charge in [-0.2, -0.15) is 0 Å². The minimum atomic E-state index is -0.434. The molecule has 3 rings (SSSR count). The standard InChI is InChI=1S/C19H21NO5/c1-12-10-16(21)20(17(12)22)15-6-4-14(5-7-15)18(23)24-9-8-19(3)11-13(2)25-19/h4-7,10,13H,8-9,11H2,1-3H3. The largest absolute Gasteiger partial charge is 0.462 e. The van der Waals surface area contributed by atoms with Gasteiger partial charge in [-0.1, -0.05) is 0 Å². The highest BCUT2D eigenvalue weighted by Crippen LogP contribution is 2.34. The number of anilines is 1. The van der Waals surface area contributed by atoms with Crippen LogP contribution < -0.4 is 4.90 Å². The van der Waals surface area contributed by atoms with Crippen molar-refractivity contribution in [3.05, 3.63) is 41.5 Å². The summed E-state index contributed by atoms with van der Waals surface area (Å²) < 4.78 is 10.9. The van der Waals surface area contributed by atoms with E-state index in [1.54, 1.807) is 31.2 Å². The van der Waals surface area contributed by atoms with E-state index in [-0.39, 0.29) is 30.1 Å². The number of hydrogen-bond acceptors (Lipinski definition) is 5. The van der Waals surface area contributed by atoms with E-state index in [1.165, 1.54) is 6.08 Å². The Labute approximate surface area is 146 Å². The molecule has 0 spiro atoms. The molecule has 1 aromatic rings. The van der Waals surface area contributed by atoms with E-state index in [2.05, 4.69) is 0 Å². The summed E-state index contributed by atoms with van der Waals surface area (Å²) in [6, 6.07) is 6.23. The summed E-state index contributed by atoms with van der Waals surface area (Å²) in [7, 11) is 0. The summed E-state index contributed by atoms with van der Waals surface area (Å²) in [6.45, 7) is 5.91. The Bertz CT molecular complexity index is 744. The van der Waals surface area contributed by atoms with Gasteiger partial charge in [0.15, 0.2) is 0 Å². The maximum Gasteiger partial charge on any atom is 0.338 e. The number of nitrogens with zero attached hydrogens (tertiary/aromatic N) is 1. The molecule has 1 saturated heterocycles. The second-order valence-corrected chi connectivity index (χ2v) is 6.82. The van der Waals surface area contributed by atoms with E-state index in [0.29, 0.717) is 23.2 Å². The van der Waals surface area contributed by atoms with Gasteiger partial charge < -0.3 is 9.47 Å². The van der Waals surface area contributed by atoms with E-state index in [4.69, 9.17) is 9.47 Å². The molecular weight excluding hydrogens is 322 g/mol. The lowest BCUT2D eigenvalue weighted by atomic mass is 9.89. The van der Waals surface area contributed by atoms with E-state index >= 15 is 0 Å². The van der Waals surface area contributed by atoms with Crippen LogP contribution in [0.3, 0.4) is 0 Å². The molecule has 6 heteroatoms. The van der Waals surface area contributed by atoms with Crippen molar-refractivity contribution in [2.45, 2.75) is 45.3 Å². The van der Waals surface area contributed by atoms with Crippen molar-refractivity contribution in [1.82, 2.24) is 0 Å². The first-order chi connectivity index (χ1) is 11.8. The minimum absolute atomic E-state index is 0.203. The zero-order chi connectivity index (χ0) is 18.2. The Kier molecular flexibility index (Phi) is 4.47. The molecule has 0 saturated carbocycles. The van der Waals surface area contributed by atoms with Crippen LogP contribution in [0.1, 0.15) is 44.0 Å². The molecule has 2 atom stereocenters. The summed E-state index contributed by atoms with van der Waals surface area (Å²) in [5, 5.41) is 0. The number of imide groups is 1. The van der Waals surface area contributed by atoms with Crippen LogP contribution in [-0.4, -0.2) is 36.1 Å². The molecule has 0 aliphatic carbocycles. The maximum atomic E-state index is 12.1. The molecule has 0 radical (unpaired) electrons. The lowest BCUT2D eigenvalue weighted by Gasteiger charge is -2.44. The second kappa shape index (κ2) is 6.44. The molecule has 1 aromatic carbocycles. The zero-order valence-electron chi connectivity index (χ0n) is 14.6. The maximum absolute atomic E-state index is 12.1. The highest BCUT2D eigenvalue weighted by atomic mass is 16.5. The van der Waals surface area contributed by atoms with Gasteiger partial charge in [-0.05, 0) is 45.0 Å². The van der Waals surface area contributed by atoms with Gasteiger partial charge in [0.2, 0.25) is 0 Å². The average molecular weight is 343 g/mol. The Morgan fingerprint density at radius 1 is 1.32 bits per heavy atom. The van der Waals surface area contributed by atoms with Crippen LogP contribution in [0.25, 0.3) is 0 Å². The smallest absolute Gasteiger partial charge is 0.338 e. The molecule has 132 valence electrons. The second-order valence-electron chi connectivity index (χ2n) is 6.82. The summed E-state index contributed by atoms with van der Waals surface area (Å²) in [6.07, 6.45) is 3.18. The van der Waals surface area contributed by atoms with Crippen LogP contribution in [0.2, 0.25) is 0 Å². The topological polar surface area (TPSA) is 72.9 Å². The van der Waals surface area contributed by atoms with E-state index in [9.17, 15) is 14.4 Å². The van der Waals surface area contributed by atoms with Gasteiger partial charge in [0.1, 0.15) is 0 Å². The molecular formula is C19H21NO5. The molecule has 2 unspecified atom stereocenters. The summed E-state index contributed by atoms with van der Waals surface area (Å²) in [5.74, 6) is -1.15. The molecule has 25 heavy (non-hydrogen) atoms. The van der Waals surface area contributed by atoms with Crippen molar-refractivity contribution in [1.29, 1.82) is 0 Å². The average Bonchev–Trinajstić information content (AvgIpc) is 2.79. The van der Waals surface area contributed by atoms with Crippen LogP contribution in [0, 0.1) is 0 Å². The van der Waals surface area contributed by atoms with Gasteiger partial charge in [-0.3, -0.25) is 9.59 Å². The van der Waals surface area contributed by atoms with Crippen molar-refractivity contribution < 1.29 is 23.9 Å². The molecule has 1 fully saturated rings. The number of carbonyl (C=O) groups is 3. The predicted octanol–water partition coefficient (Wildman–Crippen LogP) is 2.62. The fourth-order valence-corrected chi connectivity index (χ4v) is 3.27. The molecule has 0 aromatic heterocycles. The zero-order valence-corrected chi connectivity index (χ0v) is 14.6. The lowest BCUT2D eigenvalue weighted by molar-refractivity contribution is -0.193. The number of amides is 2. The van der Waals surface area contributed by atoms with Crippen LogP contribution in [-0.2, 0) is 19.1 Å². The molecule has 2 amide bonds. The number of rotatable bonds is 5. The molecule has 6 nitrogen and oxygen atoms in total. The Hall–Kier alpha value is -2.47. The van der Waals surface area contributed by atoms with Crippen LogP contribution in [0.5, 0.6) is 0 Å². The molecule has 2 aliphatic rings. The fraction of sp³-hybridized carbons (Fsp3) is 0.421. The van der Waals surface area contributed by atoms with Crippen LogP contribution in [0.15, 0.2) is 35.9 Å². The Balaban J connectivity index is 1.56. The van der Waals surface area contributed by atoms with Crippen molar-refractivity contribution in [3.8, 4) is 0 Å². The van der Waals surface area contributed by atoms with Gasteiger partial charge >= 0.3 is 5.97 Å². The molecule has 2 aliphatic heterocycles. The normalized spacial score (nSPS) is 25.6. The quantitative estimate of drug-likeness (QED) is 0.607. The van der Waals surface area contributed by atoms with Gasteiger partial charge in [0.25, 0.3) is 11.8 Å². The number of benzene rings is 1. The third-order valence-electron chi connectivity index (χ3n) is 4.53. The summed E-state index contributed by atoms with van der Waals surface area (Å²) in [5.41, 5.74) is 1.00. The van der Waals surface area contributed by atoms with E-state index in [1.807, 2.05) is 13.8 Å². The minimum Gasteiger partial charge on any atom is -0.462 e. The van der Waals surface area contributed by atoms with Gasteiger partial charge in [0, 0.05) is 24.5 Å². The Morgan fingerprint density at radius 2 is 1.96 bits per heavy atom. The highest BCUT2D eigenvalue weighted by molar-refractivity contribution is 6.30. The number of esters is 1. The first kappa shape index (κ1) is 17.4. The SMILES string of the molecule is CC1=CC(=O)N(c2ccc(C(=O)OCCC3(C)CC(C)O3)cc2)C1=O. The highest BCUT2D eigenvalue weighted by Gasteiger charge is 2.38. The van der Waals surface area contributed by atoms with Gasteiger partial charge in [0.05, 0.1) is 29.6 Å². The summed E-state index contributed by atoms with van der Waals surface area (Å²) >= 11 is 0. The first-order valence-electron chi connectivity index (χ1n) is 8.31. The van der Waals surface area contributed by atoms with Crippen molar-refractivity contribution in [2.24, 2.45) is 0 Å². The number of ether oxygens (including phenoxy) is 2. The molecule has 0 N–H and O–H groups in total. The van der Waals surface area contributed by atoms with Crippen LogP contribution >= 0.6 is 0 Å². The molecule has 0 bridgehead atoms. The number of hydrogen-bond donors (Lipinski definition) is 0. The molecule has 2 heterocycles. The fourth-order valence-electron chi connectivity index (χ4n) is 3.27. The lowest BCUT2D eigenvalue weighted by Crippen LogP contribution is -2.47. The third-order valence-corrected chi connectivity index (χ3v) is 4.53. The van der Waals surface area contributed by atoms with Crippen molar-refractivity contribution in [3.63, 3.8) is 0 Å². The monoisotopic (exact) mass is 343 g/mol. The van der Waals surface area contributed by atoms with E-state index in [0.717, 1.165) is 11.3 Å².